The zero-order valence-corrected chi connectivity index (χ0v) is 15.7. The maximum Gasteiger partial charge on any atom is 0.368 e. The van der Waals surface area contributed by atoms with Crippen LogP contribution in [0.15, 0.2) is 52.4 Å². The molecule has 0 N–H and O–H groups in total. The van der Waals surface area contributed by atoms with Crippen LogP contribution >= 0.6 is 0 Å². The van der Waals surface area contributed by atoms with E-state index in [1.54, 1.807) is 7.05 Å². The topological polar surface area (TPSA) is 83.5 Å². The summed E-state index contributed by atoms with van der Waals surface area (Å²) < 4.78 is 8.43. The van der Waals surface area contributed by atoms with Crippen molar-refractivity contribution < 1.29 is 9.57 Å². The van der Waals surface area contributed by atoms with Gasteiger partial charge in [-0.1, -0.05) is 23.4 Å². The Bertz CT molecular complexity index is 1040. The minimum atomic E-state index is -0.309. The third-order valence-electron chi connectivity index (χ3n) is 4.15. The predicted octanol–water partition coefficient (Wildman–Crippen LogP) is 2.22. The van der Waals surface area contributed by atoms with Gasteiger partial charge in [0.1, 0.15) is 19.5 Å². The van der Waals surface area contributed by atoms with Gasteiger partial charge in [-0.15, -0.1) is 0 Å². The first-order valence-corrected chi connectivity index (χ1v) is 8.40. The van der Waals surface area contributed by atoms with E-state index in [2.05, 4.69) is 15.6 Å². The average molecular weight is 367 g/mol. The lowest BCUT2D eigenvalue weighted by atomic mass is 10.1. The lowest BCUT2D eigenvalue weighted by molar-refractivity contribution is 0.213. The highest BCUT2D eigenvalue weighted by molar-refractivity contribution is 5.98. The van der Waals surface area contributed by atoms with Gasteiger partial charge in [-0.2, -0.15) is 9.36 Å². The number of aromatic nitrogens is 4. The minimum absolute atomic E-state index is 0.296. The Morgan fingerprint density at radius 1 is 1.19 bits per heavy atom. The Morgan fingerprint density at radius 2 is 1.96 bits per heavy atom. The van der Waals surface area contributed by atoms with Crippen LogP contribution in [0.4, 0.5) is 0 Å². The van der Waals surface area contributed by atoms with Crippen molar-refractivity contribution in [1.29, 1.82) is 0 Å². The van der Waals surface area contributed by atoms with E-state index in [1.165, 1.54) is 16.5 Å². The normalized spacial score (nSPS) is 11.5. The van der Waals surface area contributed by atoms with Gasteiger partial charge in [0, 0.05) is 12.6 Å². The summed E-state index contributed by atoms with van der Waals surface area (Å²) in [5, 5.41) is 11.6. The highest BCUT2D eigenvalue weighted by Crippen LogP contribution is 2.22. The number of oxime groups is 1. The van der Waals surface area contributed by atoms with Gasteiger partial charge in [-0.3, -0.25) is 0 Å². The molecular formula is C19H21N5O3. The van der Waals surface area contributed by atoms with Crippen molar-refractivity contribution in [2.75, 3.05) is 7.11 Å². The van der Waals surface area contributed by atoms with Gasteiger partial charge in [-0.05, 0) is 59.7 Å². The third-order valence-corrected chi connectivity index (χ3v) is 4.15. The molecule has 0 unspecified atom stereocenters. The van der Waals surface area contributed by atoms with E-state index in [0.717, 1.165) is 28.2 Å². The molecule has 0 saturated heterocycles. The molecule has 8 heteroatoms. The van der Waals surface area contributed by atoms with Crippen molar-refractivity contribution in [2.24, 2.45) is 12.2 Å². The van der Waals surface area contributed by atoms with E-state index in [1.807, 2.05) is 56.3 Å². The second-order valence-corrected chi connectivity index (χ2v) is 6.05. The molecule has 0 atom stereocenters. The van der Waals surface area contributed by atoms with Crippen LogP contribution in [-0.4, -0.2) is 32.6 Å². The largest absolute Gasteiger partial charge is 0.489 e. The van der Waals surface area contributed by atoms with E-state index >= 15 is 0 Å². The number of hydrogen-bond donors (Lipinski definition) is 0. The number of para-hydroxylation sites is 1. The van der Waals surface area contributed by atoms with E-state index in [4.69, 9.17) is 9.57 Å². The minimum Gasteiger partial charge on any atom is -0.489 e. The lowest BCUT2D eigenvalue weighted by Gasteiger charge is -2.13. The van der Waals surface area contributed by atoms with E-state index < -0.39 is 0 Å². The molecule has 1 aromatic heterocycles. The van der Waals surface area contributed by atoms with Gasteiger partial charge in [-0.25, -0.2) is 4.79 Å². The SMILES string of the molecule is CON=C(C)c1ccc(OCc2ccccc2-n2nnn(C)c2=O)c(C)c1. The Balaban J connectivity index is 1.83. The van der Waals surface area contributed by atoms with Crippen molar-refractivity contribution in [1.82, 2.24) is 19.8 Å². The third kappa shape index (κ3) is 3.89. The summed E-state index contributed by atoms with van der Waals surface area (Å²) in [5.74, 6) is 0.755. The van der Waals surface area contributed by atoms with Crippen molar-refractivity contribution in [3.8, 4) is 11.4 Å². The standard InChI is InChI=1S/C19H21N5O3/c1-13-11-15(14(2)20-26-4)9-10-18(13)27-12-16-7-5-6-8-17(16)24-19(25)23(3)21-22-24/h5-11H,12H2,1-4H3. The first kappa shape index (κ1) is 18.4. The van der Waals surface area contributed by atoms with E-state index in [-0.39, 0.29) is 5.69 Å². The fourth-order valence-corrected chi connectivity index (χ4v) is 2.69. The quantitative estimate of drug-likeness (QED) is 0.493. The molecule has 0 fully saturated rings. The van der Waals surface area contributed by atoms with Gasteiger partial charge < -0.3 is 9.57 Å². The fourth-order valence-electron chi connectivity index (χ4n) is 2.69. The molecule has 0 amide bonds. The number of hydrogen-bond acceptors (Lipinski definition) is 6. The van der Waals surface area contributed by atoms with E-state index in [0.29, 0.717) is 12.3 Å². The first-order chi connectivity index (χ1) is 13.0. The molecule has 0 bridgehead atoms. The zero-order valence-electron chi connectivity index (χ0n) is 15.7. The van der Waals surface area contributed by atoms with Crippen LogP contribution in [-0.2, 0) is 18.5 Å². The Hall–Kier alpha value is -3.42. The molecular weight excluding hydrogens is 346 g/mol. The molecule has 0 aliphatic rings. The monoisotopic (exact) mass is 367 g/mol. The van der Waals surface area contributed by atoms with Gasteiger partial charge >= 0.3 is 5.69 Å². The first-order valence-electron chi connectivity index (χ1n) is 8.40. The van der Waals surface area contributed by atoms with Gasteiger partial charge in [0.2, 0.25) is 0 Å². The van der Waals surface area contributed by atoms with Crippen molar-refractivity contribution in [2.45, 2.75) is 20.5 Å². The highest BCUT2D eigenvalue weighted by Gasteiger charge is 2.12. The van der Waals surface area contributed by atoms with Gasteiger partial charge in [0.25, 0.3) is 0 Å². The zero-order chi connectivity index (χ0) is 19.4. The molecule has 0 radical (unpaired) electrons. The molecule has 0 aliphatic carbocycles. The van der Waals surface area contributed by atoms with Gasteiger partial charge in [0.15, 0.2) is 0 Å². The smallest absolute Gasteiger partial charge is 0.368 e. The summed E-state index contributed by atoms with van der Waals surface area (Å²) in [6, 6.07) is 13.3. The number of aryl methyl sites for hydroxylation is 2. The summed E-state index contributed by atoms with van der Waals surface area (Å²) in [6.45, 7) is 4.15. The number of tetrazole rings is 1. The van der Waals surface area contributed by atoms with Crippen LogP contribution in [0.5, 0.6) is 5.75 Å². The second kappa shape index (κ2) is 7.86. The second-order valence-electron chi connectivity index (χ2n) is 6.05. The maximum absolute atomic E-state index is 12.1. The summed E-state index contributed by atoms with van der Waals surface area (Å²) >= 11 is 0. The lowest BCUT2D eigenvalue weighted by Crippen LogP contribution is -2.23. The van der Waals surface area contributed by atoms with Crippen LogP contribution in [0.1, 0.15) is 23.6 Å². The molecule has 1 heterocycles. The number of ether oxygens (including phenoxy) is 1. The molecule has 27 heavy (non-hydrogen) atoms. The maximum atomic E-state index is 12.1. The molecule has 3 rings (SSSR count). The number of nitrogens with zero attached hydrogens (tertiary/aromatic N) is 5. The number of benzene rings is 2. The van der Waals surface area contributed by atoms with Crippen molar-refractivity contribution >= 4 is 5.71 Å². The van der Waals surface area contributed by atoms with Crippen LogP contribution < -0.4 is 10.4 Å². The molecule has 3 aromatic rings. The Kier molecular flexibility index (Phi) is 5.35. The molecule has 0 aliphatic heterocycles. The molecule has 140 valence electrons. The molecule has 8 nitrogen and oxygen atoms in total. The van der Waals surface area contributed by atoms with Crippen molar-refractivity contribution in [3.05, 3.63) is 69.6 Å². The van der Waals surface area contributed by atoms with Crippen molar-refractivity contribution in [3.63, 3.8) is 0 Å². The fraction of sp³-hybridized carbons (Fsp3) is 0.263. The summed E-state index contributed by atoms with van der Waals surface area (Å²) in [4.78, 5) is 17.0. The molecule has 0 spiro atoms. The van der Waals surface area contributed by atoms with Crippen LogP contribution in [0.3, 0.4) is 0 Å². The Morgan fingerprint density at radius 3 is 2.63 bits per heavy atom. The van der Waals surface area contributed by atoms with Crippen LogP contribution in [0.25, 0.3) is 5.69 Å². The summed E-state index contributed by atoms with van der Waals surface area (Å²) in [5.41, 5.74) is 3.91. The van der Waals surface area contributed by atoms with Crippen LogP contribution in [0, 0.1) is 6.92 Å². The van der Waals surface area contributed by atoms with Crippen LogP contribution in [0.2, 0.25) is 0 Å². The summed E-state index contributed by atoms with van der Waals surface area (Å²) in [6.07, 6.45) is 0. The molecule has 2 aromatic carbocycles. The predicted molar refractivity (Wildman–Crippen MR) is 101 cm³/mol. The molecule has 0 saturated carbocycles. The number of rotatable bonds is 6. The van der Waals surface area contributed by atoms with E-state index in [9.17, 15) is 4.79 Å². The average Bonchev–Trinajstić information content (AvgIpc) is 3.00. The summed E-state index contributed by atoms with van der Waals surface area (Å²) in [7, 11) is 3.08. The Labute approximate surface area is 156 Å². The highest BCUT2D eigenvalue weighted by atomic mass is 16.6. The van der Waals surface area contributed by atoms with Gasteiger partial charge in [0.05, 0.1) is 11.4 Å².